The fraction of sp³-hybridized carbons (Fsp3) is 0.500. The quantitative estimate of drug-likeness (QED) is 0.719. The maximum atomic E-state index is 9.76. The van der Waals surface area contributed by atoms with Crippen LogP contribution in [0.3, 0.4) is 0 Å². The maximum Gasteiger partial charge on any atom is 0.0912 e. The zero-order valence-corrected chi connectivity index (χ0v) is 11.3. The van der Waals surface area contributed by atoms with Gasteiger partial charge in [-0.2, -0.15) is 0 Å². The molecule has 0 radical (unpaired) electrons. The monoisotopic (exact) mass is 248 g/mol. The minimum atomic E-state index is -0.431. The van der Waals surface area contributed by atoms with Gasteiger partial charge in [-0.05, 0) is 36.8 Å². The van der Waals surface area contributed by atoms with Gasteiger partial charge in [-0.1, -0.05) is 44.2 Å². The van der Waals surface area contributed by atoms with Crippen LogP contribution in [-0.4, -0.2) is 16.3 Å². The number of hydrogen-bond acceptors (Lipinski definition) is 2. The van der Waals surface area contributed by atoms with Gasteiger partial charge < -0.3 is 10.2 Å². The maximum absolute atomic E-state index is 9.76. The van der Waals surface area contributed by atoms with Gasteiger partial charge in [0.1, 0.15) is 0 Å². The van der Waals surface area contributed by atoms with E-state index in [9.17, 15) is 10.2 Å². The highest BCUT2D eigenvalue weighted by molar-refractivity contribution is 5.18. The van der Waals surface area contributed by atoms with E-state index in [2.05, 4.69) is 13.8 Å². The molecule has 0 aromatic heterocycles. The molecule has 0 heterocycles. The first kappa shape index (κ1) is 14.8. The Balaban J connectivity index is 2.33. The lowest BCUT2D eigenvalue weighted by Crippen LogP contribution is -2.09. The van der Waals surface area contributed by atoms with E-state index in [0.29, 0.717) is 18.8 Å². The van der Waals surface area contributed by atoms with Crippen molar-refractivity contribution in [2.24, 2.45) is 5.92 Å². The smallest absolute Gasteiger partial charge is 0.0912 e. The number of hydrogen-bond donors (Lipinski definition) is 2. The predicted molar refractivity (Wildman–Crippen MR) is 75.6 cm³/mol. The molecule has 0 saturated carbocycles. The van der Waals surface area contributed by atoms with Crippen LogP contribution in [0.1, 0.15) is 38.7 Å². The van der Waals surface area contributed by atoms with Gasteiger partial charge in [-0.25, -0.2) is 0 Å². The van der Waals surface area contributed by atoms with E-state index in [1.807, 2.05) is 30.3 Å². The lowest BCUT2D eigenvalue weighted by atomic mass is 10.0. The largest absolute Gasteiger partial charge is 0.513 e. The van der Waals surface area contributed by atoms with E-state index in [0.717, 1.165) is 12.8 Å². The summed E-state index contributed by atoms with van der Waals surface area (Å²) in [6.07, 6.45) is 4.17. The molecule has 0 aliphatic heterocycles. The summed E-state index contributed by atoms with van der Waals surface area (Å²) < 4.78 is 0. The second-order valence-electron chi connectivity index (χ2n) is 5.21. The molecule has 0 saturated heterocycles. The molecule has 0 aliphatic carbocycles. The summed E-state index contributed by atoms with van der Waals surface area (Å²) in [7, 11) is 0. The van der Waals surface area contributed by atoms with E-state index in [4.69, 9.17) is 0 Å². The van der Waals surface area contributed by atoms with Crippen LogP contribution in [0.4, 0.5) is 0 Å². The summed E-state index contributed by atoms with van der Waals surface area (Å²) in [6, 6.07) is 10.00. The minimum absolute atomic E-state index is 0.287. The number of aliphatic hydroxyl groups is 2. The molecule has 2 nitrogen and oxygen atoms in total. The predicted octanol–water partition coefficient (Wildman–Crippen LogP) is 3.86. The zero-order chi connectivity index (χ0) is 13.4. The van der Waals surface area contributed by atoms with Crippen molar-refractivity contribution in [3.63, 3.8) is 0 Å². The Morgan fingerprint density at radius 2 is 1.83 bits per heavy atom. The second-order valence-corrected chi connectivity index (χ2v) is 5.21. The summed E-state index contributed by atoms with van der Waals surface area (Å²) in [5.74, 6) is 0.880. The highest BCUT2D eigenvalue weighted by Gasteiger charge is 2.07. The minimum Gasteiger partial charge on any atom is -0.513 e. The molecule has 0 aliphatic rings. The third kappa shape index (κ3) is 6.45. The molecule has 2 N–H and O–H groups in total. The van der Waals surface area contributed by atoms with Crippen LogP contribution >= 0.6 is 0 Å². The van der Waals surface area contributed by atoms with Crippen molar-refractivity contribution >= 4 is 0 Å². The van der Waals surface area contributed by atoms with Crippen molar-refractivity contribution in [1.29, 1.82) is 0 Å². The van der Waals surface area contributed by atoms with E-state index < -0.39 is 6.10 Å². The third-order valence-electron chi connectivity index (χ3n) is 2.94. The lowest BCUT2D eigenvalue weighted by molar-refractivity contribution is 0.142. The topological polar surface area (TPSA) is 40.5 Å². The van der Waals surface area contributed by atoms with Crippen LogP contribution in [0.15, 0.2) is 42.2 Å². The molecule has 1 aromatic rings. The highest BCUT2D eigenvalue weighted by Crippen LogP contribution is 2.13. The molecule has 0 bridgehead atoms. The third-order valence-corrected chi connectivity index (χ3v) is 2.94. The summed E-state index contributed by atoms with van der Waals surface area (Å²) in [4.78, 5) is 0. The Morgan fingerprint density at radius 1 is 1.17 bits per heavy atom. The van der Waals surface area contributed by atoms with E-state index in [-0.39, 0.29) is 5.76 Å². The number of benzene rings is 1. The lowest BCUT2D eigenvalue weighted by Gasteiger charge is -2.11. The average molecular weight is 248 g/mol. The fourth-order valence-electron chi connectivity index (χ4n) is 1.80. The van der Waals surface area contributed by atoms with Gasteiger partial charge in [0.15, 0.2) is 0 Å². The van der Waals surface area contributed by atoms with E-state index in [1.165, 1.54) is 5.56 Å². The van der Waals surface area contributed by atoms with Crippen LogP contribution in [0.2, 0.25) is 0 Å². The van der Waals surface area contributed by atoms with Crippen molar-refractivity contribution in [2.45, 2.75) is 45.6 Å². The van der Waals surface area contributed by atoms with Crippen LogP contribution < -0.4 is 0 Å². The van der Waals surface area contributed by atoms with Crippen molar-refractivity contribution in [3.8, 4) is 0 Å². The van der Waals surface area contributed by atoms with Crippen molar-refractivity contribution < 1.29 is 10.2 Å². The summed E-state index contributed by atoms with van der Waals surface area (Å²) in [5.41, 5.74) is 1.17. The van der Waals surface area contributed by atoms with Gasteiger partial charge in [0.25, 0.3) is 0 Å². The van der Waals surface area contributed by atoms with Crippen molar-refractivity contribution in [3.05, 3.63) is 47.7 Å². The first-order chi connectivity index (χ1) is 8.58. The number of rotatable bonds is 7. The Labute approximate surface area is 110 Å². The Morgan fingerprint density at radius 3 is 2.44 bits per heavy atom. The molecule has 0 unspecified atom stereocenters. The zero-order valence-electron chi connectivity index (χ0n) is 11.3. The molecule has 1 rings (SSSR count). The molecule has 0 amide bonds. The first-order valence-corrected chi connectivity index (χ1v) is 6.68. The average Bonchev–Trinajstić information content (AvgIpc) is 2.35. The molecular formula is C16H24O2. The van der Waals surface area contributed by atoms with Gasteiger partial charge >= 0.3 is 0 Å². The fourth-order valence-corrected chi connectivity index (χ4v) is 1.80. The van der Waals surface area contributed by atoms with Crippen LogP contribution in [-0.2, 0) is 6.42 Å². The van der Waals surface area contributed by atoms with Crippen LogP contribution in [0, 0.1) is 5.92 Å². The molecule has 1 atom stereocenters. The molecular weight excluding hydrogens is 224 g/mol. The van der Waals surface area contributed by atoms with Gasteiger partial charge in [-0.3, -0.25) is 0 Å². The van der Waals surface area contributed by atoms with Gasteiger partial charge in [0, 0.05) is 6.42 Å². The molecule has 0 fully saturated rings. The van der Waals surface area contributed by atoms with Crippen molar-refractivity contribution in [2.75, 3.05) is 0 Å². The number of aliphatic hydroxyl groups excluding tert-OH is 2. The highest BCUT2D eigenvalue weighted by atomic mass is 16.3. The van der Waals surface area contributed by atoms with Gasteiger partial charge in [0.05, 0.1) is 11.9 Å². The Hall–Kier alpha value is -1.28. The van der Waals surface area contributed by atoms with Crippen LogP contribution in [0.5, 0.6) is 0 Å². The summed E-state index contributed by atoms with van der Waals surface area (Å²) in [5, 5.41) is 19.5. The Bertz CT molecular complexity index is 355. The molecule has 100 valence electrons. The molecule has 2 heteroatoms. The molecule has 1 aromatic carbocycles. The van der Waals surface area contributed by atoms with E-state index >= 15 is 0 Å². The normalized spacial score (nSPS) is 13.9. The number of allylic oxidation sites excluding steroid dienone is 1. The van der Waals surface area contributed by atoms with Gasteiger partial charge in [-0.15, -0.1) is 0 Å². The SMILES string of the molecule is CC(C)CC[C@@H](O)C/C(O)=C/Cc1ccccc1. The standard InChI is InChI=1S/C16H24O2/c1-13(2)8-10-15(17)12-16(18)11-9-14-6-4-3-5-7-14/h3-7,11,13,15,17-18H,8-10,12H2,1-2H3/b16-11-/t15-/m1/s1. The summed E-state index contributed by atoms with van der Waals surface area (Å²) in [6.45, 7) is 4.27. The van der Waals surface area contributed by atoms with Crippen molar-refractivity contribution in [1.82, 2.24) is 0 Å². The summed E-state index contributed by atoms with van der Waals surface area (Å²) >= 11 is 0. The van der Waals surface area contributed by atoms with Gasteiger partial charge in [0.2, 0.25) is 0 Å². The first-order valence-electron chi connectivity index (χ1n) is 6.68. The second kappa shape index (κ2) is 7.93. The molecule has 0 spiro atoms. The van der Waals surface area contributed by atoms with Crippen LogP contribution in [0.25, 0.3) is 0 Å². The Kier molecular flexibility index (Phi) is 6.51. The van der Waals surface area contributed by atoms with E-state index in [1.54, 1.807) is 6.08 Å². The molecule has 18 heavy (non-hydrogen) atoms.